The number of nitrogens with zero attached hydrogens (tertiary/aromatic N) is 2. The average molecular weight is 218 g/mol. The van der Waals surface area contributed by atoms with Crippen molar-refractivity contribution in [3.63, 3.8) is 0 Å². The molecular weight excluding hydrogens is 200 g/mol. The molecule has 1 aliphatic heterocycles. The fraction of sp³-hybridized carbons (Fsp3) is 0.615. The number of hydrogen-bond acceptors (Lipinski definition) is 3. The lowest BCUT2D eigenvalue weighted by Gasteiger charge is -2.21. The van der Waals surface area contributed by atoms with Gasteiger partial charge in [-0.05, 0) is 36.3 Å². The smallest absolute Gasteiger partial charge is 0.128 e. The summed E-state index contributed by atoms with van der Waals surface area (Å²) in [6.07, 6.45) is 0. The molecule has 1 aromatic heterocycles. The maximum Gasteiger partial charge on any atom is 0.128 e. The fourth-order valence-corrected chi connectivity index (χ4v) is 2.93. The van der Waals surface area contributed by atoms with Gasteiger partial charge >= 0.3 is 0 Å². The van der Waals surface area contributed by atoms with Gasteiger partial charge in [0.2, 0.25) is 0 Å². The van der Waals surface area contributed by atoms with Crippen LogP contribution in [0, 0.1) is 24.7 Å². The first-order valence-corrected chi connectivity index (χ1v) is 6.03. The van der Waals surface area contributed by atoms with E-state index in [9.17, 15) is 0 Å². The Morgan fingerprint density at radius 3 is 2.62 bits per heavy atom. The predicted molar refractivity (Wildman–Crippen MR) is 63.3 cm³/mol. The van der Waals surface area contributed by atoms with Gasteiger partial charge in [0, 0.05) is 18.8 Å². The van der Waals surface area contributed by atoms with E-state index < -0.39 is 0 Å². The highest BCUT2D eigenvalue weighted by molar-refractivity contribution is 5.44. The topological polar surface area (TPSA) is 36.4 Å². The number of aliphatic hydroxyl groups is 1. The highest BCUT2D eigenvalue weighted by Crippen LogP contribution is 2.51. The summed E-state index contributed by atoms with van der Waals surface area (Å²) in [6, 6.07) is 4.03. The second-order valence-electron chi connectivity index (χ2n) is 5.16. The summed E-state index contributed by atoms with van der Waals surface area (Å²) < 4.78 is 0. The Morgan fingerprint density at radius 2 is 2.06 bits per heavy atom. The van der Waals surface area contributed by atoms with Gasteiger partial charge in [-0.2, -0.15) is 0 Å². The Hall–Kier alpha value is -1.09. The van der Waals surface area contributed by atoms with E-state index in [-0.39, 0.29) is 6.61 Å². The summed E-state index contributed by atoms with van der Waals surface area (Å²) in [5.74, 6) is 3.81. The van der Waals surface area contributed by atoms with E-state index >= 15 is 0 Å². The second kappa shape index (κ2) is 3.45. The Morgan fingerprint density at radius 1 is 1.38 bits per heavy atom. The molecule has 3 rings (SSSR count). The van der Waals surface area contributed by atoms with Crippen molar-refractivity contribution >= 4 is 5.82 Å². The van der Waals surface area contributed by atoms with E-state index in [2.05, 4.69) is 16.8 Å². The molecule has 3 nitrogen and oxygen atoms in total. The number of rotatable bonds is 2. The number of hydrogen-bond donors (Lipinski definition) is 1. The predicted octanol–water partition coefficient (Wildman–Crippen LogP) is 1.58. The van der Waals surface area contributed by atoms with Crippen molar-refractivity contribution < 1.29 is 5.11 Å². The normalized spacial score (nSPS) is 31.7. The summed E-state index contributed by atoms with van der Waals surface area (Å²) in [7, 11) is 0. The van der Waals surface area contributed by atoms with E-state index in [0.717, 1.165) is 47.9 Å². The van der Waals surface area contributed by atoms with Gasteiger partial charge < -0.3 is 10.0 Å². The third kappa shape index (κ3) is 1.42. The van der Waals surface area contributed by atoms with Crippen LogP contribution in [-0.2, 0) is 6.61 Å². The van der Waals surface area contributed by atoms with Crippen molar-refractivity contribution in [2.75, 3.05) is 18.0 Å². The first kappa shape index (κ1) is 10.1. The van der Waals surface area contributed by atoms with Gasteiger partial charge in [0.05, 0.1) is 6.61 Å². The molecule has 0 bridgehead atoms. The SMILES string of the molecule is Cc1nc(N2C[C@@H]3C(C)[C@@H]3C2)ccc1CO. The van der Waals surface area contributed by atoms with E-state index in [1.54, 1.807) is 0 Å². The Balaban J connectivity index is 1.78. The zero-order valence-electron chi connectivity index (χ0n) is 9.85. The van der Waals surface area contributed by atoms with Crippen molar-refractivity contribution in [3.8, 4) is 0 Å². The molecule has 3 heteroatoms. The molecule has 0 aromatic carbocycles. The van der Waals surface area contributed by atoms with Gasteiger partial charge in [-0.25, -0.2) is 4.98 Å². The zero-order chi connectivity index (χ0) is 11.3. The number of aliphatic hydroxyl groups excluding tert-OH is 1. The third-order valence-corrected chi connectivity index (χ3v) is 4.30. The summed E-state index contributed by atoms with van der Waals surface area (Å²) in [6.45, 7) is 6.73. The first-order valence-electron chi connectivity index (χ1n) is 6.03. The van der Waals surface area contributed by atoms with Crippen LogP contribution >= 0.6 is 0 Å². The van der Waals surface area contributed by atoms with Crippen molar-refractivity contribution in [2.45, 2.75) is 20.5 Å². The monoisotopic (exact) mass is 218 g/mol. The second-order valence-corrected chi connectivity index (χ2v) is 5.16. The molecule has 2 aliphatic rings. The highest BCUT2D eigenvalue weighted by Gasteiger charge is 2.52. The van der Waals surface area contributed by atoms with Crippen LogP contribution in [0.4, 0.5) is 5.82 Å². The Bertz CT molecular complexity index is 406. The van der Waals surface area contributed by atoms with Crippen LogP contribution in [0.15, 0.2) is 12.1 Å². The quantitative estimate of drug-likeness (QED) is 0.819. The number of piperidine rings is 1. The van der Waals surface area contributed by atoms with E-state index in [0.29, 0.717) is 0 Å². The summed E-state index contributed by atoms with van der Waals surface area (Å²) in [4.78, 5) is 6.95. The minimum atomic E-state index is 0.0847. The lowest BCUT2D eigenvalue weighted by atomic mass is 10.2. The molecule has 16 heavy (non-hydrogen) atoms. The lowest BCUT2D eigenvalue weighted by molar-refractivity contribution is 0.280. The average Bonchev–Trinajstić information content (AvgIpc) is 2.75. The molecular formula is C13H18N2O. The number of fused-ring (bicyclic) bond motifs is 1. The summed E-state index contributed by atoms with van der Waals surface area (Å²) >= 11 is 0. The molecule has 1 aromatic rings. The number of anilines is 1. The van der Waals surface area contributed by atoms with Crippen LogP contribution in [-0.4, -0.2) is 23.2 Å². The molecule has 2 heterocycles. The standard InChI is InChI=1S/C13H18N2O/c1-8-11-5-15(6-12(8)11)13-4-3-10(7-16)9(2)14-13/h3-4,8,11-12,16H,5-7H2,1-2H3/t8?,11-,12+. The number of pyridine rings is 1. The molecule has 1 N–H and O–H groups in total. The Labute approximate surface area is 96.1 Å². The van der Waals surface area contributed by atoms with E-state index in [1.807, 2.05) is 19.1 Å². The third-order valence-electron chi connectivity index (χ3n) is 4.30. The molecule has 0 radical (unpaired) electrons. The maximum absolute atomic E-state index is 9.10. The van der Waals surface area contributed by atoms with Crippen LogP contribution in [0.5, 0.6) is 0 Å². The molecule has 1 aliphatic carbocycles. The minimum absolute atomic E-state index is 0.0847. The molecule has 3 atom stereocenters. The Kier molecular flexibility index (Phi) is 2.18. The van der Waals surface area contributed by atoms with Crippen LogP contribution in [0.2, 0.25) is 0 Å². The maximum atomic E-state index is 9.10. The first-order chi connectivity index (χ1) is 7.70. The van der Waals surface area contributed by atoms with Gasteiger partial charge in [-0.3, -0.25) is 0 Å². The largest absolute Gasteiger partial charge is 0.392 e. The van der Waals surface area contributed by atoms with Gasteiger partial charge in [-0.1, -0.05) is 13.0 Å². The molecule has 1 unspecified atom stereocenters. The molecule has 0 amide bonds. The molecule has 1 saturated carbocycles. The summed E-state index contributed by atoms with van der Waals surface area (Å²) in [5.41, 5.74) is 1.88. The molecule has 1 saturated heterocycles. The van der Waals surface area contributed by atoms with Gasteiger partial charge in [0.25, 0.3) is 0 Å². The van der Waals surface area contributed by atoms with Crippen LogP contribution < -0.4 is 4.90 Å². The lowest BCUT2D eigenvalue weighted by Crippen LogP contribution is -2.24. The van der Waals surface area contributed by atoms with Gasteiger partial charge in [-0.15, -0.1) is 0 Å². The van der Waals surface area contributed by atoms with E-state index in [4.69, 9.17) is 5.11 Å². The van der Waals surface area contributed by atoms with Crippen molar-refractivity contribution in [2.24, 2.45) is 17.8 Å². The van der Waals surface area contributed by atoms with Crippen LogP contribution in [0.25, 0.3) is 0 Å². The number of aryl methyl sites for hydroxylation is 1. The van der Waals surface area contributed by atoms with E-state index in [1.165, 1.54) is 0 Å². The fourth-order valence-electron chi connectivity index (χ4n) is 2.93. The van der Waals surface area contributed by atoms with Crippen molar-refractivity contribution in [1.29, 1.82) is 0 Å². The van der Waals surface area contributed by atoms with Crippen LogP contribution in [0.3, 0.4) is 0 Å². The highest BCUT2D eigenvalue weighted by atomic mass is 16.3. The molecule has 0 spiro atoms. The number of aromatic nitrogens is 1. The van der Waals surface area contributed by atoms with Crippen LogP contribution in [0.1, 0.15) is 18.2 Å². The van der Waals surface area contributed by atoms with Gasteiger partial charge in [0.15, 0.2) is 0 Å². The minimum Gasteiger partial charge on any atom is -0.392 e. The summed E-state index contributed by atoms with van der Waals surface area (Å²) in [5, 5.41) is 9.10. The van der Waals surface area contributed by atoms with Gasteiger partial charge in [0.1, 0.15) is 5.82 Å². The zero-order valence-corrected chi connectivity index (χ0v) is 9.85. The molecule has 2 fully saturated rings. The molecule has 86 valence electrons. The van der Waals surface area contributed by atoms with Crippen molar-refractivity contribution in [3.05, 3.63) is 23.4 Å². The van der Waals surface area contributed by atoms with Crippen molar-refractivity contribution in [1.82, 2.24) is 4.98 Å².